The van der Waals surface area contributed by atoms with Gasteiger partial charge in [0.25, 0.3) is 11.8 Å². The first-order chi connectivity index (χ1) is 15.8. The standard InChI is InChI=1S/C23H20N2O8/c1-2-32-23(31)33-17-9-3-13(4-10-17)21(29)24-15-5-7-16(8-6-15)25-22(30)14-11-18(26)20(28)19(27)12-14/h3-12,26-28H,2H2,1H3,(H,24,29)(H,25,30). The Morgan fingerprint density at radius 1 is 0.758 bits per heavy atom. The maximum absolute atomic E-state index is 12.4. The van der Waals surface area contributed by atoms with Crippen molar-refractivity contribution in [2.75, 3.05) is 17.2 Å². The van der Waals surface area contributed by atoms with E-state index < -0.39 is 35.2 Å². The Labute approximate surface area is 188 Å². The van der Waals surface area contributed by atoms with Crippen LogP contribution >= 0.6 is 0 Å². The minimum atomic E-state index is -0.833. The van der Waals surface area contributed by atoms with Crippen molar-refractivity contribution in [2.24, 2.45) is 0 Å². The van der Waals surface area contributed by atoms with Crippen LogP contribution in [0.1, 0.15) is 27.6 Å². The number of rotatable bonds is 6. The number of aromatic hydroxyl groups is 3. The van der Waals surface area contributed by atoms with E-state index in [0.717, 1.165) is 12.1 Å². The highest BCUT2D eigenvalue weighted by Gasteiger charge is 2.14. The Hall–Kier alpha value is -4.73. The maximum Gasteiger partial charge on any atom is 0.513 e. The van der Waals surface area contributed by atoms with Crippen molar-refractivity contribution in [3.8, 4) is 23.0 Å². The van der Waals surface area contributed by atoms with Crippen LogP contribution in [0.15, 0.2) is 60.7 Å². The van der Waals surface area contributed by atoms with Gasteiger partial charge >= 0.3 is 6.16 Å². The molecule has 0 heterocycles. The molecule has 0 unspecified atom stereocenters. The van der Waals surface area contributed by atoms with Crippen LogP contribution in [0.3, 0.4) is 0 Å². The van der Waals surface area contributed by atoms with Gasteiger partial charge in [0.05, 0.1) is 6.61 Å². The van der Waals surface area contributed by atoms with Crippen LogP contribution < -0.4 is 15.4 Å². The second-order valence-corrected chi connectivity index (χ2v) is 6.66. The van der Waals surface area contributed by atoms with Gasteiger partial charge in [-0.2, -0.15) is 0 Å². The number of ether oxygens (including phenoxy) is 2. The van der Waals surface area contributed by atoms with Gasteiger partial charge in [0.1, 0.15) is 5.75 Å². The summed E-state index contributed by atoms with van der Waals surface area (Å²) in [6, 6.07) is 14.2. The number of hydrogen-bond donors (Lipinski definition) is 5. The number of carbonyl (C=O) groups excluding carboxylic acids is 3. The molecule has 0 aliphatic rings. The van der Waals surface area contributed by atoms with Gasteiger partial charge in [-0.15, -0.1) is 0 Å². The van der Waals surface area contributed by atoms with Crippen LogP contribution in [-0.2, 0) is 4.74 Å². The SMILES string of the molecule is CCOC(=O)Oc1ccc(C(=O)Nc2ccc(NC(=O)c3cc(O)c(O)c(O)c3)cc2)cc1. The van der Waals surface area contributed by atoms with Gasteiger partial charge in [-0.05, 0) is 67.6 Å². The number of carbonyl (C=O) groups is 3. The number of hydrogen-bond acceptors (Lipinski definition) is 8. The third kappa shape index (κ3) is 5.91. The van der Waals surface area contributed by atoms with E-state index in [9.17, 15) is 29.7 Å². The molecule has 170 valence electrons. The monoisotopic (exact) mass is 452 g/mol. The molecule has 0 aliphatic heterocycles. The minimum absolute atomic E-state index is 0.0597. The first-order valence-electron chi connectivity index (χ1n) is 9.69. The molecule has 0 atom stereocenters. The summed E-state index contributed by atoms with van der Waals surface area (Å²) in [7, 11) is 0. The van der Waals surface area contributed by atoms with Crippen molar-refractivity contribution >= 4 is 29.3 Å². The van der Waals surface area contributed by atoms with E-state index in [1.807, 2.05) is 0 Å². The Balaban J connectivity index is 1.59. The lowest BCUT2D eigenvalue weighted by Gasteiger charge is -2.09. The highest BCUT2D eigenvalue weighted by Crippen LogP contribution is 2.35. The molecule has 10 heteroatoms. The highest BCUT2D eigenvalue weighted by atomic mass is 16.7. The molecule has 0 bridgehead atoms. The average molecular weight is 452 g/mol. The summed E-state index contributed by atoms with van der Waals surface area (Å²) in [4.78, 5) is 36.0. The quantitative estimate of drug-likeness (QED) is 0.215. The van der Waals surface area contributed by atoms with Crippen LogP contribution in [-0.4, -0.2) is 39.9 Å². The summed E-state index contributed by atoms with van der Waals surface area (Å²) >= 11 is 0. The predicted octanol–water partition coefficient (Wildman–Crippen LogP) is 3.84. The molecule has 0 radical (unpaired) electrons. The molecule has 0 spiro atoms. The normalized spacial score (nSPS) is 10.2. The fourth-order valence-electron chi connectivity index (χ4n) is 2.70. The van der Waals surface area contributed by atoms with E-state index in [0.29, 0.717) is 16.9 Å². The number of amides is 2. The Kier molecular flexibility index (Phi) is 6.99. The number of anilines is 2. The molecule has 33 heavy (non-hydrogen) atoms. The summed E-state index contributed by atoms with van der Waals surface area (Å²) in [5.74, 6) is -2.75. The molecule has 0 saturated carbocycles. The van der Waals surface area contributed by atoms with Crippen molar-refractivity contribution in [2.45, 2.75) is 6.92 Å². The van der Waals surface area contributed by atoms with Crippen molar-refractivity contribution in [3.63, 3.8) is 0 Å². The zero-order valence-electron chi connectivity index (χ0n) is 17.4. The molecule has 3 aromatic carbocycles. The second kappa shape index (κ2) is 10.1. The molecule has 0 aromatic heterocycles. The van der Waals surface area contributed by atoms with Gasteiger partial charge in [-0.3, -0.25) is 9.59 Å². The van der Waals surface area contributed by atoms with Gasteiger partial charge in [-0.25, -0.2) is 4.79 Å². The summed E-state index contributed by atoms with van der Waals surface area (Å²) in [5.41, 5.74) is 1.13. The second-order valence-electron chi connectivity index (χ2n) is 6.66. The van der Waals surface area contributed by atoms with Gasteiger partial charge in [-0.1, -0.05) is 0 Å². The summed E-state index contributed by atoms with van der Waals surface area (Å²) in [6.07, 6.45) is -0.833. The topological polar surface area (TPSA) is 154 Å². The summed E-state index contributed by atoms with van der Waals surface area (Å²) < 4.78 is 9.61. The van der Waals surface area contributed by atoms with E-state index in [4.69, 9.17) is 4.74 Å². The van der Waals surface area contributed by atoms with Crippen molar-refractivity contribution in [1.82, 2.24) is 0 Å². The van der Waals surface area contributed by atoms with Crippen LogP contribution in [0.2, 0.25) is 0 Å². The number of benzene rings is 3. The lowest BCUT2D eigenvalue weighted by atomic mass is 10.1. The number of nitrogens with one attached hydrogen (secondary N) is 2. The van der Waals surface area contributed by atoms with Gasteiger partial charge < -0.3 is 35.4 Å². The third-order valence-corrected chi connectivity index (χ3v) is 4.31. The first-order valence-corrected chi connectivity index (χ1v) is 9.69. The lowest BCUT2D eigenvalue weighted by molar-refractivity contribution is 0.101. The van der Waals surface area contributed by atoms with Crippen LogP contribution in [0.25, 0.3) is 0 Å². The van der Waals surface area contributed by atoms with E-state index >= 15 is 0 Å². The van der Waals surface area contributed by atoms with Crippen molar-refractivity contribution < 1.29 is 39.2 Å². The van der Waals surface area contributed by atoms with Crippen molar-refractivity contribution in [1.29, 1.82) is 0 Å². The summed E-state index contributed by atoms with van der Waals surface area (Å²) in [6.45, 7) is 1.84. The molecular formula is C23H20N2O8. The van der Waals surface area contributed by atoms with E-state index in [2.05, 4.69) is 15.4 Å². The molecule has 5 N–H and O–H groups in total. The molecule has 0 aliphatic carbocycles. The lowest BCUT2D eigenvalue weighted by Crippen LogP contribution is -2.13. The van der Waals surface area contributed by atoms with Gasteiger partial charge in [0.2, 0.25) is 0 Å². The molecule has 3 aromatic rings. The number of phenolic OH excluding ortho intramolecular Hbond substituents is 3. The fraction of sp³-hybridized carbons (Fsp3) is 0.0870. The van der Waals surface area contributed by atoms with Gasteiger partial charge in [0.15, 0.2) is 17.2 Å². The van der Waals surface area contributed by atoms with Crippen LogP contribution in [0.4, 0.5) is 16.2 Å². The zero-order valence-corrected chi connectivity index (χ0v) is 17.4. The largest absolute Gasteiger partial charge is 0.513 e. The Morgan fingerprint density at radius 2 is 1.24 bits per heavy atom. The summed E-state index contributed by atoms with van der Waals surface area (Å²) in [5, 5.41) is 33.7. The Morgan fingerprint density at radius 3 is 1.73 bits per heavy atom. The number of phenols is 3. The zero-order chi connectivity index (χ0) is 24.0. The minimum Gasteiger partial charge on any atom is -0.504 e. The Bertz CT molecular complexity index is 1150. The molecule has 2 amide bonds. The smallest absolute Gasteiger partial charge is 0.504 e. The molecule has 0 saturated heterocycles. The molecule has 10 nitrogen and oxygen atoms in total. The van der Waals surface area contributed by atoms with Crippen LogP contribution in [0, 0.1) is 0 Å². The van der Waals surface area contributed by atoms with Crippen LogP contribution in [0.5, 0.6) is 23.0 Å². The predicted molar refractivity (Wildman–Crippen MR) is 118 cm³/mol. The molecular weight excluding hydrogens is 432 g/mol. The maximum atomic E-state index is 12.4. The average Bonchev–Trinajstić information content (AvgIpc) is 2.79. The molecule has 0 fully saturated rings. The first kappa shape index (κ1) is 22.9. The van der Waals surface area contributed by atoms with Crippen molar-refractivity contribution in [3.05, 3.63) is 71.8 Å². The van der Waals surface area contributed by atoms with E-state index in [1.54, 1.807) is 31.2 Å². The van der Waals surface area contributed by atoms with E-state index in [1.165, 1.54) is 24.3 Å². The highest BCUT2D eigenvalue weighted by molar-refractivity contribution is 6.06. The fourth-order valence-corrected chi connectivity index (χ4v) is 2.70. The van der Waals surface area contributed by atoms with Gasteiger partial charge in [0, 0.05) is 22.5 Å². The molecule has 3 rings (SSSR count). The third-order valence-electron chi connectivity index (χ3n) is 4.31. The van der Waals surface area contributed by atoms with E-state index in [-0.39, 0.29) is 17.9 Å².